The van der Waals surface area contributed by atoms with Gasteiger partial charge in [0.15, 0.2) is 0 Å². The number of carbonyl (C=O) groups is 3. The Kier molecular flexibility index (Phi) is 7.29. The maximum absolute atomic E-state index is 13.5. The third kappa shape index (κ3) is 4.94. The Morgan fingerprint density at radius 1 is 1.18 bits per heavy atom. The van der Waals surface area contributed by atoms with Gasteiger partial charge in [0.05, 0.1) is 29.2 Å². The van der Waals surface area contributed by atoms with E-state index >= 15 is 0 Å². The van der Waals surface area contributed by atoms with Crippen molar-refractivity contribution in [2.24, 2.45) is 0 Å². The number of pyridine rings is 2. The van der Waals surface area contributed by atoms with E-state index in [4.69, 9.17) is 4.74 Å². The topological polar surface area (TPSA) is 126 Å². The summed E-state index contributed by atoms with van der Waals surface area (Å²) < 4.78 is 5.70. The molecule has 10 nitrogen and oxygen atoms in total. The summed E-state index contributed by atoms with van der Waals surface area (Å²) in [4.78, 5) is 49.6. The molecule has 2 aromatic heterocycles. The number of anilines is 2. The fourth-order valence-corrected chi connectivity index (χ4v) is 6.56. The lowest BCUT2D eigenvalue weighted by molar-refractivity contribution is -0.123. The van der Waals surface area contributed by atoms with Crippen LogP contribution in [0.1, 0.15) is 56.8 Å². The summed E-state index contributed by atoms with van der Waals surface area (Å²) in [6.07, 6.45) is 6.41. The van der Waals surface area contributed by atoms with Gasteiger partial charge in [0, 0.05) is 29.9 Å². The highest BCUT2D eigenvalue weighted by molar-refractivity contribution is 8.01. The van der Waals surface area contributed by atoms with Crippen molar-refractivity contribution in [2.75, 3.05) is 4.90 Å². The number of rotatable bonds is 7. The molecule has 2 aromatic rings. The van der Waals surface area contributed by atoms with Crippen molar-refractivity contribution < 1.29 is 19.1 Å². The van der Waals surface area contributed by atoms with E-state index in [0.29, 0.717) is 28.0 Å². The number of thioether (sulfide) groups is 1. The second-order valence-corrected chi connectivity index (χ2v) is 11.1. The molecule has 2 aliphatic heterocycles. The van der Waals surface area contributed by atoms with Gasteiger partial charge in [-0.05, 0) is 51.8 Å². The van der Waals surface area contributed by atoms with Gasteiger partial charge in [0.2, 0.25) is 17.7 Å². The summed E-state index contributed by atoms with van der Waals surface area (Å²) in [6.45, 7) is 9.22. The van der Waals surface area contributed by atoms with Crippen molar-refractivity contribution in [1.82, 2.24) is 25.9 Å². The molecule has 5 rings (SSSR count). The predicted octanol–water partition coefficient (Wildman–Crippen LogP) is 3.68. The summed E-state index contributed by atoms with van der Waals surface area (Å²) >= 11 is 1.35. The highest BCUT2D eigenvalue weighted by Crippen LogP contribution is 2.50. The zero-order valence-corrected chi connectivity index (χ0v) is 22.5. The second-order valence-electron chi connectivity index (χ2n) is 9.99. The van der Waals surface area contributed by atoms with Crippen molar-refractivity contribution >= 4 is 41.0 Å². The Bertz CT molecular complexity index is 1280. The van der Waals surface area contributed by atoms with Crippen LogP contribution in [-0.2, 0) is 9.59 Å². The van der Waals surface area contributed by atoms with Crippen molar-refractivity contribution in [3.8, 4) is 5.88 Å². The van der Waals surface area contributed by atoms with Crippen molar-refractivity contribution in [3.63, 3.8) is 0 Å². The van der Waals surface area contributed by atoms with Crippen LogP contribution in [0.4, 0.5) is 16.2 Å². The van der Waals surface area contributed by atoms with Crippen LogP contribution >= 0.6 is 11.8 Å². The number of hydrogen-bond acceptors (Lipinski definition) is 7. The average Bonchev–Trinajstić information content (AvgIpc) is 3.25. The van der Waals surface area contributed by atoms with Gasteiger partial charge in [-0.2, -0.15) is 0 Å². The highest BCUT2D eigenvalue weighted by atomic mass is 32.2. The van der Waals surface area contributed by atoms with E-state index in [1.807, 2.05) is 26.8 Å². The molecule has 0 bridgehead atoms. The monoisotopic (exact) mass is 536 g/mol. The number of urea groups is 1. The van der Waals surface area contributed by atoms with Gasteiger partial charge in [0.25, 0.3) is 0 Å². The number of nitrogens with one attached hydrogen (secondary N) is 3. The zero-order chi connectivity index (χ0) is 27.0. The normalized spacial score (nSPS) is 23.9. The van der Waals surface area contributed by atoms with E-state index in [0.717, 1.165) is 31.2 Å². The molecule has 0 spiro atoms. The minimum absolute atomic E-state index is 0.0162. The third-order valence-corrected chi connectivity index (χ3v) is 8.29. The van der Waals surface area contributed by atoms with Crippen LogP contribution in [0.2, 0.25) is 0 Å². The SMILES string of the molecule is C=CC(=O)N[C@H]1CCCC[C@H]1NC(=O)C1Sc2nccc3c2C1NC(=O)N3c1ccc(OC(C)C)nc1C. The third-order valence-electron chi connectivity index (χ3n) is 7.00. The van der Waals surface area contributed by atoms with Gasteiger partial charge >= 0.3 is 6.03 Å². The van der Waals surface area contributed by atoms with Crippen LogP contribution in [0.25, 0.3) is 0 Å². The molecule has 200 valence electrons. The van der Waals surface area contributed by atoms with E-state index in [2.05, 4.69) is 32.5 Å². The van der Waals surface area contributed by atoms with Crippen LogP contribution < -0.4 is 25.6 Å². The molecule has 2 unspecified atom stereocenters. The van der Waals surface area contributed by atoms with Crippen LogP contribution in [0, 0.1) is 6.92 Å². The summed E-state index contributed by atoms with van der Waals surface area (Å²) in [7, 11) is 0. The molecule has 38 heavy (non-hydrogen) atoms. The van der Waals surface area contributed by atoms with E-state index in [9.17, 15) is 14.4 Å². The summed E-state index contributed by atoms with van der Waals surface area (Å²) in [5.74, 6) is 0.0606. The number of ether oxygens (including phenoxy) is 1. The summed E-state index contributed by atoms with van der Waals surface area (Å²) in [6, 6.07) is 4.16. The molecule has 1 aliphatic carbocycles. The van der Waals surface area contributed by atoms with E-state index in [1.165, 1.54) is 17.8 Å². The molecule has 4 heterocycles. The van der Waals surface area contributed by atoms with Crippen molar-refractivity contribution in [3.05, 3.63) is 48.3 Å². The first-order chi connectivity index (χ1) is 18.3. The number of amides is 4. The van der Waals surface area contributed by atoms with Gasteiger partial charge in [-0.1, -0.05) is 31.2 Å². The lowest BCUT2D eigenvalue weighted by Crippen LogP contribution is -2.56. The molecule has 1 fully saturated rings. The minimum Gasteiger partial charge on any atom is -0.475 e. The molecule has 0 aromatic carbocycles. The average molecular weight is 537 g/mol. The Morgan fingerprint density at radius 3 is 2.61 bits per heavy atom. The van der Waals surface area contributed by atoms with Gasteiger partial charge in [-0.3, -0.25) is 14.5 Å². The molecule has 0 saturated heterocycles. The molecular weight excluding hydrogens is 504 g/mol. The standard InChI is InChI=1S/C27H32N6O4S/c1-5-20(34)30-16-8-6-7-9-17(16)31-25(35)24-23-22-19(12-13-28-26(22)38-24)33(27(36)32-23)18-10-11-21(29-15(18)4)37-14(2)3/h5,10-14,16-17,23-24H,1,6-9H2,2-4H3,(H,30,34)(H,31,35)(H,32,36)/t16-,17+,23?,24?/m0/s1. The first kappa shape index (κ1) is 26.0. The molecule has 4 atom stereocenters. The highest BCUT2D eigenvalue weighted by Gasteiger charge is 2.47. The molecule has 4 amide bonds. The second kappa shape index (κ2) is 10.6. The summed E-state index contributed by atoms with van der Waals surface area (Å²) in [5, 5.41) is 9.26. The number of aromatic nitrogens is 2. The zero-order valence-electron chi connectivity index (χ0n) is 21.7. The predicted molar refractivity (Wildman–Crippen MR) is 145 cm³/mol. The van der Waals surface area contributed by atoms with Gasteiger partial charge in [0.1, 0.15) is 10.3 Å². The molecule has 3 N–H and O–H groups in total. The lowest BCUT2D eigenvalue weighted by Gasteiger charge is -2.36. The molecule has 3 aliphatic rings. The Labute approximate surface area is 226 Å². The number of nitrogens with zero attached hydrogens (tertiary/aromatic N) is 3. The fourth-order valence-electron chi connectivity index (χ4n) is 5.32. The maximum Gasteiger partial charge on any atom is 0.327 e. The molecule has 11 heteroatoms. The van der Waals surface area contributed by atoms with Crippen molar-refractivity contribution in [2.45, 2.75) is 81.0 Å². The first-order valence-electron chi connectivity index (χ1n) is 12.9. The quantitative estimate of drug-likeness (QED) is 0.461. The first-order valence-corrected chi connectivity index (χ1v) is 13.8. The van der Waals surface area contributed by atoms with E-state index in [1.54, 1.807) is 23.2 Å². The van der Waals surface area contributed by atoms with Crippen LogP contribution in [0.3, 0.4) is 0 Å². The lowest BCUT2D eigenvalue weighted by atomic mass is 9.89. The van der Waals surface area contributed by atoms with Crippen molar-refractivity contribution in [1.29, 1.82) is 0 Å². The Hall–Kier alpha value is -3.60. The van der Waals surface area contributed by atoms with Gasteiger partial charge in [-0.25, -0.2) is 14.8 Å². The molecule has 0 radical (unpaired) electrons. The van der Waals surface area contributed by atoms with Crippen LogP contribution in [0.15, 0.2) is 42.1 Å². The smallest absolute Gasteiger partial charge is 0.327 e. The van der Waals surface area contributed by atoms with Crippen LogP contribution in [0.5, 0.6) is 5.88 Å². The maximum atomic E-state index is 13.5. The van der Waals surface area contributed by atoms with E-state index in [-0.39, 0.29) is 36.0 Å². The largest absolute Gasteiger partial charge is 0.475 e. The number of carbonyl (C=O) groups excluding carboxylic acids is 3. The van der Waals surface area contributed by atoms with Gasteiger partial charge < -0.3 is 20.7 Å². The molecule has 1 saturated carbocycles. The fraction of sp³-hybridized carbons (Fsp3) is 0.444. The van der Waals surface area contributed by atoms with Crippen LogP contribution in [-0.4, -0.2) is 51.3 Å². The Morgan fingerprint density at radius 2 is 1.92 bits per heavy atom. The van der Waals surface area contributed by atoms with E-state index < -0.39 is 11.3 Å². The molecular formula is C27H32N6O4S. The number of hydrogen-bond donors (Lipinski definition) is 3. The number of aryl methyl sites for hydroxylation is 1. The summed E-state index contributed by atoms with van der Waals surface area (Å²) in [5.41, 5.74) is 2.78. The van der Waals surface area contributed by atoms with Gasteiger partial charge in [-0.15, -0.1) is 0 Å². The minimum atomic E-state index is -0.580. The Balaban J connectivity index is 1.39.